The summed E-state index contributed by atoms with van der Waals surface area (Å²) in [5, 5.41) is 0. The van der Waals surface area contributed by atoms with E-state index in [-0.39, 0.29) is 30.2 Å². The third-order valence-electron chi connectivity index (χ3n) is 4.36. The van der Waals surface area contributed by atoms with Crippen LogP contribution in [0.4, 0.5) is 11.5 Å². The molecule has 1 aliphatic heterocycles. The number of hydrogen-bond acceptors (Lipinski definition) is 6. The minimum Gasteiger partial charge on any atom is -0.497 e. The molecule has 0 bridgehead atoms. The number of nitrogens with two attached hydrogens (primary N) is 1. The van der Waals surface area contributed by atoms with Crippen LogP contribution in [0, 0.1) is 6.92 Å². The van der Waals surface area contributed by atoms with Gasteiger partial charge in [-0.25, -0.2) is 9.78 Å². The lowest BCUT2D eigenvalue weighted by molar-refractivity contribution is -0.117. The second kappa shape index (κ2) is 7.03. The molecule has 136 valence electrons. The average Bonchev–Trinajstić information content (AvgIpc) is 2.92. The number of carbonyl (C=O) groups is 2. The van der Waals surface area contributed by atoms with E-state index in [1.165, 1.54) is 0 Å². The van der Waals surface area contributed by atoms with Crippen LogP contribution in [-0.4, -0.2) is 30.6 Å². The molecule has 3 rings (SSSR count). The van der Waals surface area contributed by atoms with Crippen molar-refractivity contribution in [1.82, 2.24) is 4.98 Å². The summed E-state index contributed by atoms with van der Waals surface area (Å²) in [5.74, 6) is 0.641. The lowest BCUT2D eigenvalue weighted by Crippen LogP contribution is -2.26. The van der Waals surface area contributed by atoms with E-state index in [1.807, 2.05) is 24.3 Å². The molecule has 2 heterocycles. The number of rotatable bonds is 5. The number of amides is 1. The van der Waals surface area contributed by atoms with Crippen molar-refractivity contribution in [2.75, 3.05) is 24.4 Å². The molecule has 2 N–H and O–H groups in total. The zero-order chi connectivity index (χ0) is 18.8. The van der Waals surface area contributed by atoms with Crippen molar-refractivity contribution in [3.63, 3.8) is 0 Å². The van der Waals surface area contributed by atoms with Gasteiger partial charge in [-0.15, -0.1) is 0 Å². The summed E-state index contributed by atoms with van der Waals surface area (Å²) in [6, 6.07) is 7.47. The predicted octanol–water partition coefficient (Wildman–Crippen LogP) is 2.25. The number of benzene rings is 1. The number of ether oxygens (including phenoxy) is 2. The molecule has 0 saturated heterocycles. The fourth-order valence-electron chi connectivity index (χ4n) is 3.05. The molecule has 7 heteroatoms. The summed E-state index contributed by atoms with van der Waals surface area (Å²) >= 11 is 0. The standard InChI is InChI=1S/C19H21N3O4/c1-4-26-19(24)16-11(2)21-18-14(17(16)20)9-15(23)22(18)10-12-5-7-13(25-3)8-6-12/h5-8H,4,9-10H2,1-3H3,(H2,20,21). The van der Waals surface area contributed by atoms with Gasteiger partial charge in [0, 0.05) is 5.56 Å². The van der Waals surface area contributed by atoms with E-state index in [4.69, 9.17) is 15.2 Å². The minimum absolute atomic E-state index is 0.101. The molecule has 0 atom stereocenters. The molecule has 7 nitrogen and oxygen atoms in total. The van der Waals surface area contributed by atoms with Crippen molar-refractivity contribution in [2.45, 2.75) is 26.8 Å². The van der Waals surface area contributed by atoms with E-state index >= 15 is 0 Å². The van der Waals surface area contributed by atoms with Crippen LogP contribution in [-0.2, 0) is 22.5 Å². The van der Waals surface area contributed by atoms with Crippen LogP contribution >= 0.6 is 0 Å². The molecule has 1 aromatic carbocycles. The van der Waals surface area contributed by atoms with Gasteiger partial charge in [0.2, 0.25) is 5.91 Å². The topological polar surface area (TPSA) is 94.8 Å². The van der Waals surface area contributed by atoms with E-state index in [0.29, 0.717) is 23.6 Å². The zero-order valence-corrected chi connectivity index (χ0v) is 15.0. The summed E-state index contributed by atoms with van der Waals surface area (Å²) < 4.78 is 10.2. The maximum atomic E-state index is 12.5. The Hall–Kier alpha value is -3.09. The first-order valence-corrected chi connectivity index (χ1v) is 8.35. The van der Waals surface area contributed by atoms with Crippen LogP contribution in [0.2, 0.25) is 0 Å². The van der Waals surface area contributed by atoms with Gasteiger partial charge in [0.25, 0.3) is 0 Å². The first-order chi connectivity index (χ1) is 12.5. The smallest absolute Gasteiger partial charge is 0.342 e. The van der Waals surface area contributed by atoms with E-state index in [9.17, 15) is 9.59 Å². The monoisotopic (exact) mass is 355 g/mol. The highest BCUT2D eigenvalue weighted by atomic mass is 16.5. The number of nitrogens with zero attached hydrogens (tertiary/aromatic N) is 2. The van der Waals surface area contributed by atoms with Crippen LogP contribution in [0.15, 0.2) is 24.3 Å². The normalized spacial score (nSPS) is 12.9. The highest BCUT2D eigenvalue weighted by Gasteiger charge is 2.34. The number of anilines is 2. The number of fused-ring (bicyclic) bond motifs is 1. The van der Waals surface area contributed by atoms with Crippen LogP contribution in [0.3, 0.4) is 0 Å². The van der Waals surface area contributed by atoms with Crippen molar-refractivity contribution in [3.8, 4) is 5.75 Å². The molecular formula is C19H21N3O4. The lowest BCUT2D eigenvalue weighted by Gasteiger charge is -2.18. The quantitative estimate of drug-likeness (QED) is 0.827. The van der Waals surface area contributed by atoms with Gasteiger partial charge in [-0.05, 0) is 31.5 Å². The van der Waals surface area contributed by atoms with Gasteiger partial charge in [-0.3, -0.25) is 9.69 Å². The molecule has 1 aliphatic rings. The number of pyridine rings is 1. The molecule has 0 unspecified atom stereocenters. The number of aromatic nitrogens is 1. The lowest BCUT2D eigenvalue weighted by atomic mass is 10.1. The highest BCUT2D eigenvalue weighted by molar-refractivity contribution is 6.05. The Bertz CT molecular complexity index is 862. The largest absolute Gasteiger partial charge is 0.497 e. The van der Waals surface area contributed by atoms with Gasteiger partial charge in [-0.2, -0.15) is 0 Å². The molecule has 0 fully saturated rings. The summed E-state index contributed by atoms with van der Waals surface area (Å²) in [7, 11) is 1.60. The van der Waals surface area contributed by atoms with Crippen LogP contribution < -0.4 is 15.4 Å². The maximum absolute atomic E-state index is 12.5. The number of methoxy groups -OCH3 is 1. The molecule has 1 amide bonds. The number of carbonyl (C=O) groups excluding carboxylic acids is 2. The Labute approximate surface area is 151 Å². The Kier molecular flexibility index (Phi) is 4.79. The van der Waals surface area contributed by atoms with Gasteiger partial charge in [-0.1, -0.05) is 12.1 Å². The van der Waals surface area contributed by atoms with Gasteiger partial charge in [0.05, 0.1) is 38.1 Å². The van der Waals surface area contributed by atoms with Crippen molar-refractivity contribution in [2.24, 2.45) is 0 Å². The SMILES string of the molecule is CCOC(=O)c1c(C)nc2c(c1N)CC(=O)N2Cc1ccc(OC)cc1. The number of hydrogen-bond donors (Lipinski definition) is 1. The molecule has 0 aliphatic carbocycles. The van der Waals surface area contributed by atoms with E-state index in [2.05, 4.69) is 4.98 Å². The fraction of sp³-hybridized carbons (Fsp3) is 0.316. The number of esters is 1. The van der Waals surface area contributed by atoms with Gasteiger partial charge >= 0.3 is 5.97 Å². The summed E-state index contributed by atoms with van der Waals surface area (Å²) in [6.45, 7) is 4.04. The molecule has 2 aromatic rings. The van der Waals surface area contributed by atoms with Crippen molar-refractivity contribution in [1.29, 1.82) is 0 Å². The van der Waals surface area contributed by atoms with Gasteiger partial charge in [0.15, 0.2) is 0 Å². The summed E-state index contributed by atoms with van der Waals surface area (Å²) in [6.07, 6.45) is 0.122. The Balaban J connectivity index is 1.95. The Morgan fingerprint density at radius 2 is 2.00 bits per heavy atom. The maximum Gasteiger partial charge on any atom is 0.342 e. The van der Waals surface area contributed by atoms with Gasteiger partial charge < -0.3 is 15.2 Å². The fourth-order valence-corrected chi connectivity index (χ4v) is 3.05. The molecule has 1 aromatic heterocycles. The van der Waals surface area contributed by atoms with E-state index < -0.39 is 5.97 Å². The first-order valence-electron chi connectivity index (χ1n) is 8.35. The van der Waals surface area contributed by atoms with Gasteiger partial charge in [0.1, 0.15) is 17.1 Å². The van der Waals surface area contributed by atoms with E-state index in [0.717, 1.165) is 11.3 Å². The van der Waals surface area contributed by atoms with Crippen molar-refractivity contribution >= 4 is 23.4 Å². The third kappa shape index (κ3) is 3.08. The second-order valence-corrected chi connectivity index (χ2v) is 6.01. The molecule has 26 heavy (non-hydrogen) atoms. The van der Waals surface area contributed by atoms with Crippen molar-refractivity contribution < 1.29 is 19.1 Å². The Morgan fingerprint density at radius 1 is 1.31 bits per heavy atom. The third-order valence-corrected chi connectivity index (χ3v) is 4.36. The second-order valence-electron chi connectivity index (χ2n) is 6.01. The van der Waals surface area contributed by atoms with Crippen LogP contribution in [0.5, 0.6) is 5.75 Å². The number of nitrogen functional groups attached to an aromatic ring is 1. The minimum atomic E-state index is -0.515. The van der Waals surface area contributed by atoms with Crippen molar-refractivity contribution in [3.05, 3.63) is 46.6 Å². The molecule has 0 spiro atoms. The Morgan fingerprint density at radius 3 is 2.62 bits per heavy atom. The first kappa shape index (κ1) is 17.7. The molecule has 0 radical (unpaired) electrons. The average molecular weight is 355 g/mol. The highest BCUT2D eigenvalue weighted by Crippen LogP contribution is 2.36. The predicted molar refractivity (Wildman–Crippen MR) is 97.2 cm³/mol. The van der Waals surface area contributed by atoms with Crippen LogP contribution in [0.1, 0.15) is 34.1 Å². The molecular weight excluding hydrogens is 334 g/mol. The zero-order valence-electron chi connectivity index (χ0n) is 15.0. The summed E-state index contributed by atoms with van der Waals surface area (Å²) in [4.78, 5) is 30.7. The molecule has 0 saturated carbocycles. The van der Waals surface area contributed by atoms with Crippen LogP contribution in [0.25, 0.3) is 0 Å². The number of aryl methyl sites for hydroxylation is 1. The summed E-state index contributed by atoms with van der Waals surface area (Å²) in [5.41, 5.74) is 8.68. The van der Waals surface area contributed by atoms with E-state index in [1.54, 1.807) is 25.9 Å².